The van der Waals surface area contributed by atoms with E-state index in [0.29, 0.717) is 11.6 Å². The van der Waals surface area contributed by atoms with E-state index < -0.39 is 0 Å². The second-order valence-corrected chi connectivity index (χ2v) is 4.78. The van der Waals surface area contributed by atoms with Gasteiger partial charge in [-0.05, 0) is 22.8 Å². The number of hydrogen-bond acceptors (Lipinski definition) is 1. The van der Waals surface area contributed by atoms with E-state index in [-0.39, 0.29) is 11.8 Å². The first-order chi connectivity index (χ1) is 8.77. The highest BCUT2D eigenvalue weighted by Crippen LogP contribution is 2.34. The topological polar surface area (TPSA) is 29.1 Å². The van der Waals surface area contributed by atoms with Crippen LogP contribution in [0.2, 0.25) is 5.02 Å². The number of carbonyl (C=O) groups is 1. The highest BCUT2D eigenvalue weighted by atomic mass is 35.5. The molecule has 0 saturated carbocycles. The molecular formula is C15H12ClNO. The molecule has 2 aromatic rings. The molecule has 1 heterocycles. The maximum absolute atomic E-state index is 12.1. The van der Waals surface area contributed by atoms with Crippen LogP contribution in [-0.2, 0) is 11.3 Å². The third-order valence-electron chi connectivity index (χ3n) is 3.30. The van der Waals surface area contributed by atoms with Crippen molar-refractivity contribution in [3.05, 3.63) is 70.2 Å². The molecular weight excluding hydrogens is 246 g/mol. The number of carbonyl (C=O) groups excluding carboxylic acids is 1. The number of halogens is 1. The Labute approximate surface area is 111 Å². The summed E-state index contributed by atoms with van der Waals surface area (Å²) in [5.41, 5.74) is 3.07. The Morgan fingerprint density at radius 3 is 2.44 bits per heavy atom. The zero-order valence-electron chi connectivity index (χ0n) is 9.69. The zero-order chi connectivity index (χ0) is 12.5. The molecule has 1 aliphatic rings. The maximum atomic E-state index is 12.1. The summed E-state index contributed by atoms with van der Waals surface area (Å²) in [5.74, 6) is -0.287. The van der Waals surface area contributed by atoms with E-state index in [1.807, 2.05) is 48.5 Å². The Balaban J connectivity index is 2.17. The predicted octanol–water partition coefficient (Wildman–Crippen LogP) is 3.10. The van der Waals surface area contributed by atoms with E-state index in [1.54, 1.807) is 0 Å². The lowest BCUT2D eigenvalue weighted by Crippen LogP contribution is -2.35. The van der Waals surface area contributed by atoms with Crippen molar-refractivity contribution in [1.29, 1.82) is 0 Å². The molecule has 0 spiro atoms. The van der Waals surface area contributed by atoms with Gasteiger partial charge in [0.15, 0.2) is 0 Å². The highest BCUT2D eigenvalue weighted by Gasteiger charge is 2.29. The third kappa shape index (κ3) is 1.79. The summed E-state index contributed by atoms with van der Waals surface area (Å²) >= 11 is 6.21. The van der Waals surface area contributed by atoms with E-state index in [4.69, 9.17) is 11.6 Å². The molecule has 18 heavy (non-hydrogen) atoms. The Morgan fingerprint density at radius 1 is 1.00 bits per heavy atom. The van der Waals surface area contributed by atoms with Crippen LogP contribution in [0.5, 0.6) is 0 Å². The smallest absolute Gasteiger partial charge is 0.232 e. The molecule has 90 valence electrons. The first-order valence-electron chi connectivity index (χ1n) is 5.87. The van der Waals surface area contributed by atoms with Crippen LogP contribution < -0.4 is 5.32 Å². The van der Waals surface area contributed by atoms with Gasteiger partial charge in [0, 0.05) is 11.6 Å². The van der Waals surface area contributed by atoms with E-state index in [2.05, 4.69) is 5.32 Å². The van der Waals surface area contributed by atoms with Gasteiger partial charge >= 0.3 is 0 Å². The lowest BCUT2D eigenvalue weighted by Gasteiger charge is -2.26. The summed E-state index contributed by atoms with van der Waals surface area (Å²) in [4.78, 5) is 12.1. The van der Waals surface area contributed by atoms with E-state index in [9.17, 15) is 4.79 Å². The average molecular weight is 258 g/mol. The minimum absolute atomic E-state index is 0.0156. The Bertz CT molecular complexity index is 609. The number of rotatable bonds is 1. The van der Waals surface area contributed by atoms with Gasteiger partial charge in [0.1, 0.15) is 0 Å². The number of hydrogen-bond donors (Lipinski definition) is 1. The molecule has 1 unspecified atom stereocenters. The molecule has 3 rings (SSSR count). The van der Waals surface area contributed by atoms with Gasteiger partial charge in [-0.15, -0.1) is 0 Å². The largest absolute Gasteiger partial charge is 0.351 e. The third-order valence-corrected chi connectivity index (χ3v) is 3.64. The van der Waals surface area contributed by atoms with Crippen LogP contribution in [0.3, 0.4) is 0 Å². The van der Waals surface area contributed by atoms with Crippen LogP contribution in [0.1, 0.15) is 22.6 Å². The molecule has 1 aliphatic heterocycles. The SMILES string of the molecule is O=C1NCc2ccccc2C1c1ccccc1Cl. The maximum Gasteiger partial charge on any atom is 0.232 e. The molecule has 0 bridgehead atoms. The molecule has 2 aromatic carbocycles. The number of amides is 1. The van der Waals surface area contributed by atoms with Crippen molar-refractivity contribution < 1.29 is 4.79 Å². The van der Waals surface area contributed by atoms with Crippen LogP contribution in [0, 0.1) is 0 Å². The molecule has 1 N–H and O–H groups in total. The number of nitrogens with one attached hydrogen (secondary N) is 1. The van der Waals surface area contributed by atoms with Crippen molar-refractivity contribution in [2.45, 2.75) is 12.5 Å². The van der Waals surface area contributed by atoms with Crippen LogP contribution in [0.4, 0.5) is 0 Å². The summed E-state index contributed by atoms with van der Waals surface area (Å²) in [6.07, 6.45) is 0. The fraction of sp³-hybridized carbons (Fsp3) is 0.133. The average Bonchev–Trinajstić information content (AvgIpc) is 2.40. The molecule has 0 fully saturated rings. The molecule has 3 heteroatoms. The fourth-order valence-electron chi connectivity index (χ4n) is 2.42. The van der Waals surface area contributed by atoms with Crippen molar-refractivity contribution in [1.82, 2.24) is 5.32 Å². The molecule has 2 nitrogen and oxygen atoms in total. The van der Waals surface area contributed by atoms with Crippen molar-refractivity contribution in [2.75, 3.05) is 0 Å². The van der Waals surface area contributed by atoms with Gasteiger partial charge in [-0.1, -0.05) is 54.1 Å². The normalized spacial score (nSPS) is 18.1. The summed E-state index contributed by atoms with van der Waals surface area (Å²) in [7, 11) is 0. The first kappa shape index (κ1) is 11.3. The van der Waals surface area contributed by atoms with Gasteiger partial charge < -0.3 is 5.32 Å². The van der Waals surface area contributed by atoms with Crippen molar-refractivity contribution in [3.8, 4) is 0 Å². The molecule has 0 aromatic heterocycles. The highest BCUT2D eigenvalue weighted by molar-refractivity contribution is 6.31. The van der Waals surface area contributed by atoms with E-state index >= 15 is 0 Å². The molecule has 0 saturated heterocycles. The van der Waals surface area contributed by atoms with E-state index in [1.165, 1.54) is 0 Å². The molecule has 0 aliphatic carbocycles. The minimum atomic E-state index is -0.302. The standard InChI is InChI=1S/C15H12ClNO/c16-13-8-4-3-7-12(13)14-11-6-2-1-5-10(11)9-17-15(14)18/h1-8,14H,9H2,(H,17,18). The molecule has 1 atom stereocenters. The van der Waals surface area contributed by atoms with Crippen LogP contribution in [0.25, 0.3) is 0 Å². The van der Waals surface area contributed by atoms with Crippen molar-refractivity contribution in [2.24, 2.45) is 0 Å². The molecule has 1 amide bonds. The summed E-state index contributed by atoms with van der Waals surface area (Å²) in [6, 6.07) is 15.5. The van der Waals surface area contributed by atoms with Crippen LogP contribution >= 0.6 is 11.6 Å². The predicted molar refractivity (Wildman–Crippen MR) is 71.6 cm³/mol. The van der Waals surface area contributed by atoms with E-state index in [0.717, 1.165) is 16.7 Å². The second kappa shape index (κ2) is 4.46. The van der Waals surface area contributed by atoms with Gasteiger partial charge in [-0.25, -0.2) is 0 Å². The minimum Gasteiger partial charge on any atom is -0.351 e. The summed E-state index contributed by atoms with van der Waals surface area (Å²) in [5, 5.41) is 3.55. The Kier molecular flexibility index (Phi) is 2.80. The fourth-order valence-corrected chi connectivity index (χ4v) is 2.67. The lowest BCUT2D eigenvalue weighted by atomic mass is 9.85. The quantitative estimate of drug-likeness (QED) is 0.836. The van der Waals surface area contributed by atoms with Crippen LogP contribution in [0.15, 0.2) is 48.5 Å². The first-order valence-corrected chi connectivity index (χ1v) is 6.25. The summed E-state index contributed by atoms with van der Waals surface area (Å²) in [6.45, 7) is 0.593. The lowest BCUT2D eigenvalue weighted by molar-refractivity contribution is -0.122. The van der Waals surface area contributed by atoms with Gasteiger partial charge in [0.05, 0.1) is 5.92 Å². The van der Waals surface area contributed by atoms with Crippen LogP contribution in [-0.4, -0.2) is 5.91 Å². The monoisotopic (exact) mass is 257 g/mol. The summed E-state index contributed by atoms with van der Waals surface area (Å²) < 4.78 is 0. The van der Waals surface area contributed by atoms with Gasteiger partial charge in [0.2, 0.25) is 5.91 Å². The second-order valence-electron chi connectivity index (χ2n) is 4.37. The van der Waals surface area contributed by atoms with Gasteiger partial charge in [-0.3, -0.25) is 4.79 Å². The van der Waals surface area contributed by atoms with Crippen molar-refractivity contribution in [3.63, 3.8) is 0 Å². The Morgan fingerprint density at radius 2 is 1.67 bits per heavy atom. The number of benzene rings is 2. The molecule has 0 radical (unpaired) electrons. The van der Waals surface area contributed by atoms with Gasteiger partial charge in [-0.2, -0.15) is 0 Å². The van der Waals surface area contributed by atoms with Gasteiger partial charge in [0.25, 0.3) is 0 Å². The van der Waals surface area contributed by atoms with Crippen molar-refractivity contribution >= 4 is 17.5 Å². The Hall–Kier alpha value is -1.80. The number of fused-ring (bicyclic) bond motifs is 1. The zero-order valence-corrected chi connectivity index (χ0v) is 10.4.